The summed E-state index contributed by atoms with van der Waals surface area (Å²) < 4.78 is 12.0. The van der Waals surface area contributed by atoms with Crippen LogP contribution < -0.4 is 9.80 Å². The Morgan fingerprint density at radius 1 is 0.316 bits per heavy atom. The standard InChI is InChI=1S/C74H47N3OS/c1-3-20-48(21-4-1)50-24-17-27-53(42-50)77-67-35-14-11-33-64(67)73-62-32-10-9-29-58(62)65(47-69(73)77)51-43-55(75(52-25-5-2-6-26-52)66-36-18-23-49-22-7-8-28-57(49)66)45-56(44-51)76(54-40-41-61-60-31-13-16-39-71(60)79-72(61)46-54)68-37-19-34-63-59-30-12-15-38-70(59)78-74(63)68/h1-47H. The highest BCUT2D eigenvalue weighted by Crippen LogP contribution is 2.50. The van der Waals surface area contributed by atoms with Crippen molar-refractivity contribution in [3.63, 3.8) is 0 Å². The van der Waals surface area contributed by atoms with Crippen LogP contribution in [0.15, 0.2) is 290 Å². The molecule has 0 amide bonds. The van der Waals surface area contributed by atoms with Crippen molar-refractivity contribution in [3.8, 4) is 27.9 Å². The lowest BCUT2D eigenvalue weighted by molar-refractivity contribution is 0.669. The van der Waals surface area contributed by atoms with Crippen molar-refractivity contribution in [3.05, 3.63) is 285 Å². The Morgan fingerprint density at radius 3 is 1.77 bits per heavy atom. The number of furan rings is 1. The molecule has 16 rings (SSSR count). The fourth-order valence-corrected chi connectivity index (χ4v) is 13.5. The van der Waals surface area contributed by atoms with Gasteiger partial charge in [-0.05, 0) is 129 Å². The van der Waals surface area contributed by atoms with Crippen LogP contribution in [0.1, 0.15) is 0 Å². The molecule has 0 bridgehead atoms. The molecule has 0 saturated heterocycles. The van der Waals surface area contributed by atoms with Crippen molar-refractivity contribution < 1.29 is 4.42 Å². The normalized spacial score (nSPS) is 11.8. The third-order valence-electron chi connectivity index (χ3n) is 15.9. The smallest absolute Gasteiger partial charge is 0.159 e. The van der Waals surface area contributed by atoms with Gasteiger partial charge in [0.1, 0.15) is 5.58 Å². The number of hydrogen-bond donors (Lipinski definition) is 0. The Kier molecular flexibility index (Phi) is 10.4. The summed E-state index contributed by atoms with van der Waals surface area (Å²) in [5, 5.41) is 11.8. The first-order valence-corrected chi connectivity index (χ1v) is 27.7. The van der Waals surface area contributed by atoms with E-state index in [9.17, 15) is 0 Å². The van der Waals surface area contributed by atoms with Crippen LogP contribution in [0.3, 0.4) is 0 Å². The van der Waals surface area contributed by atoms with E-state index in [1.165, 1.54) is 58.2 Å². The van der Waals surface area contributed by atoms with E-state index < -0.39 is 0 Å². The van der Waals surface area contributed by atoms with Crippen LogP contribution in [-0.2, 0) is 0 Å². The molecule has 0 fully saturated rings. The summed E-state index contributed by atoms with van der Waals surface area (Å²) in [4.78, 5) is 4.87. The SMILES string of the molecule is c1ccc(-c2cccc(-n3c4ccccc4c4c5ccccc5c(-c5cc(N(c6ccccc6)c6cccc7ccccc67)cc(N(c6ccc7c(c6)sc6ccccc67)c6cccc7c6oc6ccccc67)c5)cc43)c2)cc1. The van der Waals surface area contributed by atoms with E-state index in [0.717, 1.165) is 89.3 Å². The average Bonchev–Trinajstić information content (AvgIpc) is 4.42. The molecule has 0 radical (unpaired) electrons. The summed E-state index contributed by atoms with van der Waals surface area (Å²) in [5.41, 5.74) is 15.8. The van der Waals surface area contributed by atoms with E-state index in [0.29, 0.717) is 0 Å². The molecule has 0 aliphatic heterocycles. The molecule has 3 aromatic heterocycles. The van der Waals surface area contributed by atoms with Crippen LogP contribution in [-0.4, -0.2) is 4.57 Å². The van der Waals surface area contributed by atoms with Crippen LogP contribution in [0, 0.1) is 0 Å². The van der Waals surface area contributed by atoms with E-state index in [2.05, 4.69) is 299 Å². The third-order valence-corrected chi connectivity index (χ3v) is 17.0. The highest BCUT2D eigenvalue weighted by atomic mass is 32.1. The lowest BCUT2D eigenvalue weighted by Crippen LogP contribution is -2.14. The third kappa shape index (κ3) is 7.35. The Balaban J connectivity index is 1.03. The van der Waals surface area contributed by atoms with Crippen LogP contribution in [0.25, 0.3) is 113 Å². The molecule has 0 aliphatic rings. The number of rotatable bonds is 9. The Bertz CT molecular complexity index is 5050. The lowest BCUT2D eigenvalue weighted by atomic mass is 9.93. The van der Waals surface area contributed by atoms with Gasteiger partial charge in [0.2, 0.25) is 0 Å². The maximum atomic E-state index is 7.00. The highest BCUT2D eigenvalue weighted by molar-refractivity contribution is 7.25. The predicted molar refractivity (Wildman–Crippen MR) is 336 cm³/mol. The molecule has 370 valence electrons. The fourth-order valence-electron chi connectivity index (χ4n) is 12.4. The summed E-state index contributed by atoms with van der Waals surface area (Å²) >= 11 is 1.84. The van der Waals surface area contributed by atoms with Gasteiger partial charge >= 0.3 is 0 Å². The summed E-state index contributed by atoms with van der Waals surface area (Å²) in [6.07, 6.45) is 0. The van der Waals surface area contributed by atoms with Gasteiger partial charge in [0.05, 0.1) is 22.4 Å². The van der Waals surface area contributed by atoms with Gasteiger partial charge in [-0.2, -0.15) is 0 Å². The van der Waals surface area contributed by atoms with E-state index >= 15 is 0 Å². The summed E-state index contributed by atoms with van der Waals surface area (Å²) in [6, 6.07) is 104. The van der Waals surface area contributed by atoms with E-state index in [1.807, 2.05) is 11.3 Å². The van der Waals surface area contributed by atoms with Gasteiger partial charge in [0.15, 0.2) is 5.58 Å². The Hall–Kier alpha value is -10.2. The number of anilines is 6. The summed E-state index contributed by atoms with van der Waals surface area (Å²) in [6.45, 7) is 0. The minimum atomic E-state index is 0.829. The highest BCUT2D eigenvalue weighted by Gasteiger charge is 2.26. The Labute approximate surface area is 460 Å². The average molecular weight is 1030 g/mol. The fraction of sp³-hybridized carbons (Fsp3) is 0. The molecular formula is C74H47N3OS. The Morgan fingerprint density at radius 2 is 0.924 bits per heavy atom. The van der Waals surface area contributed by atoms with Crippen LogP contribution in [0.5, 0.6) is 0 Å². The monoisotopic (exact) mass is 1030 g/mol. The maximum Gasteiger partial charge on any atom is 0.159 e. The zero-order chi connectivity index (χ0) is 52.0. The minimum absolute atomic E-state index is 0.829. The van der Waals surface area contributed by atoms with E-state index in [1.54, 1.807) is 0 Å². The number of thiophene rings is 1. The zero-order valence-corrected chi connectivity index (χ0v) is 43.6. The second kappa shape index (κ2) is 18.2. The van der Waals surface area contributed by atoms with Crippen LogP contribution in [0.2, 0.25) is 0 Å². The first kappa shape index (κ1) is 45.0. The molecule has 5 heteroatoms. The van der Waals surface area contributed by atoms with Crippen molar-refractivity contribution in [2.45, 2.75) is 0 Å². The maximum absolute atomic E-state index is 7.00. The van der Waals surface area contributed by atoms with Crippen molar-refractivity contribution >= 4 is 131 Å². The lowest BCUT2D eigenvalue weighted by Gasteiger charge is -2.31. The molecular weight excluding hydrogens is 979 g/mol. The van der Waals surface area contributed by atoms with Crippen LogP contribution >= 0.6 is 11.3 Å². The van der Waals surface area contributed by atoms with Crippen molar-refractivity contribution in [2.75, 3.05) is 9.80 Å². The summed E-state index contributed by atoms with van der Waals surface area (Å²) in [5.74, 6) is 0. The van der Waals surface area contributed by atoms with E-state index in [-0.39, 0.29) is 0 Å². The second-order valence-corrected chi connectivity index (χ2v) is 21.5. The van der Waals surface area contributed by atoms with Crippen LogP contribution in [0.4, 0.5) is 34.1 Å². The number of hydrogen-bond acceptors (Lipinski definition) is 4. The number of benzene rings is 13. The van der Waals surface area contributed by atoms with Gasteiger partial charge in [-0.15, -0.1) is 11.3 Å². The molecule has 79 heavy (non-hydrogen) atoms. The van der Waals surface area contributed by atoms with Gasteiger partial charge in [0, 0.05) is 75.5 Å². The van der Waals surface area contributed by atoms with Crippen molar-refractivity contribution in [1.29, 1.82) is 0 Å². The zero-order valence-electron chi connectivity index (χ0n) is 42.8. The summed E-state index contributed by atoms with van der Waals surface area (Å²) in [7, 11) is 0. The van der Waals surface area contributed by atoms with Crippen molar-refractivity contribution in [1.82, 2.24) is 4.57 Å². The largest absolute Gasteiger partial charge is 0.454 e. The van der Waals surface area contributed by atoms with Gasteiger partial charge in [0.25, 0.3) is 0 Å². The number of aromatic nitrogens is 1. The first-order valence-electron chi connectivity index (χ1n) is 26.9. The quantitative estimate of drug-likeness (QED) is 0.144. The van der Waals surface area contributed by atoms with Crippen molar-refractivity contribution in [2.24, 2.45) is 0 Å². The second-order valence-electron chi connectivity index (χ2n) is 20.4. The number of nitrogens with zero attached hydrogens (tertiary/aromatic N) is 3. The predicted octanol–water partition coefficient (Wildman–Crippen LogP) is 21.6. The molecule has 4 nitrogen and oxygen atoms in total. The molecule has 16 aromatic rings. The number of para-hydroxylation sites is 4. The minimum Gasteiger partial charge on any atom is -0.454 e. The molecule has 0 atom stereocenters. The number of fused-ring (bicyclic) bond motifs is 12. The van der Waals surface area contributed by atoms with E-state index in [4.69, 9.17) is 4.42 Å². The first-order chi connectivity index (χ1) is 39.2. The molecule has 0 aliphatic carbocycles. The van der Waals surface area contributed by atoms with Gasteiger partial charge in [-0.3, -0.25) is 0 Å². The topological polar surface area (TPSA) is 24.6 Å². The van der Waals surface area contributed by atoms with Gasteiger partial charge < -0.3 is 18.8 Å². The molecule has 0 saturated carbocycles. The van der Waals surface area contributed by atoms with Gasteiger partial charge in [-0.25, -0.2) is 0 Å². The molecule has 13 aromatic carbocycles. The molecule has 0 spiro atoms. The van der Waals surface area contributed by atoms with Gasteiger partial charge in [-0.1, -0.05) is 194 Å². The molecule has 0 unspecified atom stereocenters. The molecule has 3 heterocycles. The molecule has 0 N–H and O–H groups in total.